The average Bonchev–Trinajstić information content (AvgIpc) is 3.35. The van der Waals surface area contributed by atoms with Gasteiger partial charge < -0.3 is 10.2 Å². The standard InChI is InChI=1S/C30H31ClF3N5O/c1-19(2)38-12-9-20(10-13-38)14-21-5-7-23(16-25(21)30(32,33)34)37-28(40)15-22-6-8-24(17-26(22)31)39-18-36-27-4-3-11-35-29(27)39/h3-8,11,16-20H,9-10,12-15H2,1-2H3,(H,37,40). The Morgan fingerprint density at radius 2 is 1.82 bits per heavy atom. The van der Waals surface area contributed by atoms with Gasteiger partial charge in [0.1, 0.15) is 11.8 Å². The van der Waals surface area contributed by atoms with E-state index >= 15 is 0 Å². The second kappa shape index (κ2) is 11.6. The molecule has 1 saturated heterocycles. The molecule has 1 N–H and O–H groups in total. The highest BCUT2D eigenvalue weighted by Gasteiger charge is 2.34. The van der Waals surface area contributed by atoms with Gasteiger partial charge in [-0.15, -0.1) is 0 Å². The molecule has 0 radical (unpaired) electrons. The summed E-state index contributed by atoms with van der Waals surface area (Å²) in [4.78, 5) is 23.8. The zero-order valence-electron chi connectivity index (χ0n) is 22.4. The van der Waals surface area contributed by atoms with Gasteiger partial charge in [0.15, 0.2) is 5.65 Å². The van der Waals surface area contributed by atoms with Crippen molar-refractivity contribution < 1.29 is 18.0 Å². The lowest BCUT2D eigenvalue weighted by molar-refractivity contribution is -0.138. The van der Waals surface area contributed by atoms with Crippen molar-refractivity contribution in [1.82, 2.24) is 19.4 Å². The SMILES string of the molecule is CC(C)N1CCC(Cc2ccc(NC(=O)Cc3ccc(-n4cnc5cccnc54)cc3Cl)cc2C(F)(F)F)CC1. The van der Waals surface area contributed by atoms with Gasteiger partial charge in [0.2, 0.25) is 5.91 Å². The van der Waals surface area contributed by atoms with Crippen LogP contribution in [0.2, 0.25) is 5.02 Å². The van der Waals surface area contributed by atoms with Gasteiger partial charge in [0, 0.05) is 22.9 Å². The van der Waals surface area contributed by atoms with Crippen LogP contribution in [0.4, 0.5) is 18.9 Å². The number of nitrogens with zero attached hydrogens (tertiary/aromatic N) is 4. The van der Waals surface area contributed by atoms with E-state index in [-0.39, 0.29) is 23.6 Å². The number of carbonyl (C=O) groups is 1. The van der Waals surface area contributed by atoms with E-state index in [2.05, 4.69) is 34.0 Å². The fourth-order valence-electron chi connectivity index (χ4n) is 5.33. The Bertz CT molecular complexity index is 1510. The third kappa shape index (κ3) is 6.31. The number of fused-ring (bicyclic) bond motifs is 1. The van der Waals surface area contributed by atoms with Crippen LogP contribution in [0.3, 0.4) is 0 Å². The summed E-state index contributed by atoms with van der Waals surface area (Å²) in [5, 5.41) is 2.98. The number of piperidine rings is 1. The number of amides is 1. The smallest absolute Gasteiger partial charge is 0.326 e. The minimum atomic E-state index is -4.51. The van der Waals surface area contributed by atoms with Crippen molar-refractivity contribution in [2.24, 2.45) is 5.92 Å². The number of alkyl halides is 3. The molecule has 0 aliphatic carbocycles. The summed E-state index contributed by atoms with van der Waals surface area (Å²) < 4.78 is 43.8. The van der Waals surface area contributed by atoms with Gasteiger partial charge in [-0.2, -0.15) is 13.2 Å². The van der Waals surface area contributed by atoms with E-state index in [4.69, 9.17) is 11.6 Å². The van der Waals surface area contributed by atoms with Crippen LogP contribution in [-0.4, -0.2) is 44.5 Å². The molecular formula is C30H31ClF3N5O. The molecule has 0 saturated carbocycles. The predicted octanol–water partition coefficient (Wildman–Crippen LogP) is 6.94. The lowest BCUT2D eigenvalue weighted by Gasteiger charge is -2.35. The van der Waals surface area contributed by atoms with Gasteiger partial charge >= 0.3 is 6.18 Å². The van der Waals surface area contributed by atoms with Gasteiger partial charge in [-0.1, -0.05) is 23.7 Å². The molecule has 0 atom stereocenters. The molecule has 5 rings (SSSR count). The van der Waals surface area contributed by atoms with Crippen LogP contribution in [0.25, 0.3) is 16.9 Å². The number of hydrogen-bond acceptors (Lipinski definition) is 4. The van der Waals surface area contributed by atoms with Crippen molar-refractivity contribution in [2.45, 2.75) is 51.7 Å². The maximum atomic E-state index is 14.0. The van der Waals surface area contributed by atoms with Crippen LogP contribution >= 0.6 is 11.6 Å². The van der Waals surface area contributed by atoms with Crippen LogP contribution < -0.4 is 5.32 Å². The van der Waals surface area contributed by atoms with E-state index in [0.717, 1.165) is 43.2 Å². The molecule has 2 aromatic carbocycles. The molecule has 1 amide bonds. The molecular weight excluding hydrogens is 539 g/mol. The molecule has 0 bridgehead atoms. The molecule has 40 heavy (non-hydrogen) atoms. The molecule has 6 nitrogen and oxygen atoms in total. The van der Waals surface area contributed by atoms with E-state index in [1.807, 2.05) is 6.07 Å². The highest BCUT2D eigenvalue weighted by atomic mass is 35.5. The number of hydrogen-bond donors (Lipinski definition) is 1. The molecule has 2 aromatic heterocycles. The van der Waals surface area contributed by atoms with Crippen molar-refractivity contribution >= 4 is 34.4 Å². The largest absolute Gasteiger partial charge is 0.416 e. The van der Waals surface area contributed by atoms with Crippen LogP contribution in [0.1, 0.15) is 43.4 Å². The monoisotopic (exact) mass is 569 g/mol. The Labute approximate surface area is 236 Å². The number of halogens is 4. The molecule has 1 aliphatic heterocycles. The Hall–Kier alpha value is -3.43. The Morgan fingerprint density at radius 1 is 1.07 bits per heavy atom. The molecule has 1 aliphatic rings. The van der Waals surface area contributed by atoms with Gasteiger partial charge in [-0.05, 0) is 99.6 Å². The summed E-state index contributed by atoms with van der Waals surface area (Å²) in [6.07, 6.45) is 0.848. The van der Waals surface area contributed by atoms with E-state index in [1.54, 1.807) is 47.4 Å². The van der Waals surface area contributed by atoms with Crippen molar-refractivity contribution in [1.29, 1.82) is 0 Å². The lowest BCUT2D eigenvalue weighted by atomic mass is 9.87. The lowest BCUT2D eigenvalue weighted by Crippen LogP contribution is -2.39. The van der Waals surface area contributed by atoms with Gasteiger partial charge in [0.05, 0.1) is 17.7 Å². The fourth-order valence-corrected chi connectivity index (χ4v) is 5.57. The first-order chi connectivity index (χ1) is 19.1. The number of likely N-dealkylation sites (tertiary alicyclic amines) is 1. The minimum absolute atomic E-state index is 0.0838. The maximum Gasteiger partial charge on any atom is 0.416 e. The molecule has 1 fully saturated rings. The summed E-state index contributed by atoms with van der Waals surface area (Å²) in [6, 6.07) is 13.4. The molecule has 0 unspecified atom stereocenters. The van der Waals surface area contributed by atoms with Crippen molar-refractivity contribution in [2.75, 3.05) is 18.4 Å². The number of nitrogens with one attached hydrogen (secondary N) is 1. The number of benzene rings is 2. The van der Waals surface area contributed by atoms with Gasteiger partial charge in [-0.25, -0.2) is 9.97 Å². The average molecular weight is 570 g/mol. The highest BCUT2D eigenvalue weighted by Crippen LogP contribution is 2.36. The summed E-state index contributed by atoms with van der Waals surface area (Å²) in [6.45, 7) is 6.08. The van der Waals surface area contributed by atoms with Crippen LogP contribution in [0.15, 0.2) is 61.1 Å². The first kappa shape index (κ1) is 28.1. The normalized spacial score (nSPS) is 15.2. The van der Waals surface area contributed by atoms with Crippen LogP contribution in [0.5, 0.6) is 0 Å². The predicted molar refractivity (Wildman–Crippen MR) is 151 cm³/mol. The number of imidazole rings is 1. The van der Waals surface area contributed by atoms with Crippen LogP contribution in [0, 0.1) is 5.92 Å². The summed E-state index contributed by atoms with van der Waals surface area (Å²) >= 11 is 6.48. The van der Waals surface area contributed by atoms with E-state index < -0.39 is 17.6 Å². The first-order valence-electron chi connectivity index (χ1n) is 13.4. The second-order valence-corrected chi connectivity index (χ2v) is 11.0. The van der Waals surface area contributed by atoms with Crippen molar-refractivity contribution in [3.63, 3.8) is 0 Å². The number of rotatable bonds is 7. The van der Waals surface area contributed by atoms with E-state index in [0.29, 0.717) is 28.7 Å². The first-order valence-corrected chi connectivity index (χ1v) is 13.8. The van der Waals surface area contributed by atoms with Crippen LogP contribution in [-0.2, 0) is 23.8 Å². The number of carbonyl (C=O) groups excluding carboxylic acids is 1. The number of anilines is 1. The van der Waals surface area contributed by atoms with Crippen molar-refractivity contribution in [3.05, 3.63) is 82.8 Å². The Balaban J connectivity index is 1.26. The number of pyridine rings is 1. The maximum absolute atomic E-state index is 14.0. The summed E-state index contributed by atoms with van der Waals surface area (Å²) in [5.74, 6) is -0.246. The molecule has 0 spiro atoms. The summed E-state index contributed by atoms with van der Waals surface area (Å²) in [7, 11) is 0. The third-order valence-corrected chi connectivity index (χ3v) is 7.91. The third-order valence-electron chi connectivity index (χ3n) is 7.56. The Kier molecular flexibility index (Phi) is 8.14. The van der Waals surface area contributed by atoms with E-state index in [9.17, 15) is 18.0 Å². The molecule has 10 heteroatoms. The van der Waals surface area contributed by atoms with E-state index in [1.165, 1.54) is 6.07 Å². The molecule has 4 aromatic rings. The summed E-state index contributed by atoms with van der Waals surface area (Å²) in [5.41, 5.74) is 2.39. The quantitative estimate of drug-likeness (QED) is 0.262. The van der Waals surface area contributed by atoms with Crippen molar-refractivity contribution in [3.8, 4) is 5.69 Å². The van der Waals surface area contributed by atoms with Gasteiger partial charge in [-0.3, -0.25) is 9.36 Å². The molecule has 210 valence electrons. The highest BCUT2D eigenvalue weighted by molar-refractivity contribution is 6.31. The topological polar surface area (TPSA) is 63.1 Å². The molecule has 3 heterocycles. The zero-order valence-corrected chi connectivity index (χ0v) is 23.1. The zero-order chi connectivity index (χ0) is 28.4. The Morgan fingerprint density at radius 3 is 2.52 bits per heavy atom. The number of aromatic nitrogens is 3. The minimum Gasteiger partial charge on any atom is -0.326 e. The second-order valence-electron chi connectivity index (χ2n) is 10.6. The van der Waals surface area contributed by atoms with Gasteiger partial charge in [0.25, 0.3) is 0 Å². The fraction of sp³-hybridized carbons (Fsp3) is 0.367.